The number of ether oxygens (including phenoxy) is 4. The highest BCUT2D eigenvalue weighted by atomic mass is 32.2. The smallest absolute Gasteiger partial charge is 0.238 e. The fourth-order valence-electron chi connectivity index (χ4n) is 2.66. The van der Waals surface area contributed by atoms with Gasteiger partial charge in [-0.05, 0) is 17.7 Å². The van der Waals surface area contributed by atoms with Gasteiger partial charge in [0, 0.05) is 23.7 Å². The molecular formula is C19H24N2O8S2. The molecule has 1 heterocycles. The van der Waals surface area contributed by atoms with Crippen molar-refractivity contribution in [3.05, 3.63) is 40.9 Å². The second kappa shape index (κ2) is 9.88. The van der Waals surface area contributed by atoms with Gasteiger partial charge in [0.15, 0.2) is 9.84 Å². The van der Waals surface area contributed by atoms with Gasteiger partial charge in [0.25, 0.3) is 0 Å². The lowest BCUT2D eigenvalue weighted by molar-refractivity contribution is 0.374. The van der Waals surface area contributed by atoms with E-state index in [9.17, 15) is 16.8 Å². The maximum Gasteiger partial charge on any atom is 0.238 e. The van der Waals surface area contributed by atoms with E-state index in [0.29, 0.717) is 22.8 Å². The van der Waals surface area contributed by atoms with Crippen molar-refractivity contribution in [2.75, 3.05) is 39.4 Å². The third kappa shape index (κ3) is 6.76. The number of nitrogens with zero attached hydrogens (tertiary/aromatic N) is 1. The fourth-order valence-corrected chi connectivity index (χ4v) is 4.27. The molecule has 1 aromatic heterocycles. The zero-order valence-corrected chi connectivity index (χ0v) is 19.3. The van der Waals surface area contributed by atoms with Crippen LogP contribution in [-0.2, 0) is 25.6 Å². The maximum absolute atomic E-state index is 12.7. The van der Waals surface area contributed by atoms with Crippen molar-refractivity contribution in [1.29, 1.82) is 0 Å². The topological polar surface area (TPSA) is 130 Å². The van der Waals surface area contributed by atoms with Crippen molar-refractivity contribution < 1.29 is 35.8 Å². The zero-order valence-electron chi connectivity index (χ0n) is 17.7. The van der Waals surface area contributed by atoms with E-state index in [1.54, 1.807) is 12.1 Å². The van der Waals surface area contributed by atoms with Gasteiger partial charge >= 0.3 is 0 Å². The normalized spacial score (nSPS) is 11.9. The van der Waals surface area contributed by atoms with E-state index in [-0.39, 0.29) is 17.1 Å². The average Bonchev–Trinajstić information content (AvgIpc) is 2.70. The number of hydrogen-bond acceptors (Lipinski definition) is 9. The molecular weight excluding hydrogens is 448 g/mol. The Kier molecular flexibility index (Phi) is 7.74. The lowest BCUT2D eigenvalue weighted by Crippen LogP contribution is -2.12. The first kappa shape index (κ1) is 24.3. The Bertz CT molecular complexity index is 1150. The van der Waals surface area contributed by atoms with Gasteiger partial charge < -0.3 is 18.9 Å². The average molecular weight is 473 g/mol. The van der Waals surface area contributed by atoms with E-state index >= 15 is 0 Å². The highest BCUT2D eigenvalue weighted by Crippen LogP contribution is 2.35. The molecule has 0 amide bonds. The Morgan fingerprint density at radius 1 is 0.935 bits per heavy atom. The standard InChI is InChI=1S/C19H24N2O8S2/c1-26-14-9-17(27-2)15(18(10-14)28-3)6-7-31(24,25)12-13-8-16(21-30(5,22)23)19(29-4)20-11-13/h6-11,21H,12H2,1-5H3/b7-6+. The molecule has 0 unspecified atom stereocenters. The van der Waals surface area contributed by atoms with Gasteiger partial charge in [0.1, 0.15) is 22.9 Å². The first-order chi connectivity index (χ1) is 14.5. The van der Waals surface area contributed by atoms with Crippen LogP contribution in [0, 0.1) is 0 Å². The number of hydrogen-bond donors (Lipinski definition) is 1. The Morgan fingerprint density at radius 2 is 1.55 bits per heavy atom. The number of pyridine rings is 1. The highest BCUT2D eigenvalue weighted by molar-refractivity contribution is 7.93. The zero-order chi connectivity index (χ0) is 23.2. The van der Waals surface area contributed by atoms with Crippen LogP contribution in [0.5, 0.6) is 23.1 Å². The quantitative estimate of drug-likeness (QED) is 0.552. The Hall–Kier alpha value is -2.99. The van der Waals surface area contributed by atoms with Crippen LogP contribution >= 0.6 is 0 Å². The summed E-state index contributed by atoms with van der Waals surface area (Å²) in [6.07, 6.45) is 3.62. The van der Waals surface area contributed by atoms with Gasteiger partial charge in [0.2, 0.25) is 15.9 Å². The minimum Gasteiger partial charge on any atom is -0.496 e. The van der Waals surface area contributed by atoms with E-state index in [0.717, 1.165) is 11.7 Å². The number of anilines is 1. The number of aromatic nitrogens is 1. The third-order valence-electron chi connectivity index (χ3n) is 3.96. The van der Waals surface area contributed by atoms with Crippen LogP contribution in [0.2, 0.25) is 0 Å². The van der Waals surface area contributed by atoms with E-state index < -0.39 is 25.6 Å². The molecule has 0 saturated carbocycles. The molecule has 0 aliphatic rings. The predicted octanol–water partition coefficient (Wildman–Crippen LogP) is 2.07. The fraction of sp³-hybridized carbons (Fsp3) is 0.316. The molecule has 0 aliphatic carbocycles. The van der Waals surface area contributed by atoms with Crippen molar-refractivity contribution in [2.24, 2.45) is 0 Å². The molecule has 1 N–H and O–H groups in total. The van der Waals surface area contributed by atoms with Crippen LogP contribution in [0.15, 0.2) is 29.8 Å². The Morgan fingerprint density at radius 3 is 2.03 bits per heavy atom. The number of rotatable bonds is 10. The van der Waals surface area contributed by atoms with Gasteiger partial charge in [-0.3, -0.25) is 4.72 Å². The van der Waals surface area contributed by atoms with Gasteiger partial charge in [-0.25, -0.2) is 21.8 Å². The van der Waals surface area contributed by atoms with E-state index in [1.165, 1.54) is 46.8 Å². The van der Waals surface area contributed by atoms with E-state index in [1.807, 2.05) is 0 Å². The minimum atomic E-state index is -3.76. The first-order valence-corrected chi connectivity index (χ1v) is 12.3. The Labute approximate surface area is 181 Å². The summed E-state index contributed by atoms with van der Waals surface area (Å²) in [5.74, 6) is 0.834. The molecule has 0 saturated heterocycles. The maximum atomic E-state index is 12.7. The van der Waals surface area contributed by atoms with Crippen LogP contribution in [0.1, 0.15) is 11.1 Å². The van der Waals surface area contributed by atoms with Gasteiger partial charge in [-0.2, -0.15) is 0 Å². The summed E-state index contributed by atoms with van der Waals surface area (Å²) in [5.41, 5.74) is 0.729. The molecule has 170 valence electrons. The molecule has 1 aromatic carbocycles. The van der Waals surface area contributed by atoms with Crippen molar-refractivity contribution in [1.82, 2.24) is 4.98 Å². The van der Waals surface area contributed by atoms with Crippen molar-refractivity contribution in [2.45, 2.75) is 5.75 Å². The van der Waals surface area contributed by atoms with Crippen LogP contribution < -0.4 is 23.7 Å². The molecule has 12 heteroatoms. The van der Waals surface area contributed by atoms with Crippen LogP contribution in [0.25, 0.3) is 6.08 Å². The molecule has 0 spiro atoms. The largest absolute Gasteiger partial charge is 0.496 e. The van der Waals surface area contributed by atoms with E-state index in [2.05, 4.69) is 9.71 Å². The summed E-state index contributed by atoms with van der Waals surface area (Å²) in [5, 5.41) is 1.02. The molecule has 0 fully saturated rings. The van der Waals surface area contributed by atoms with Crippen LogP contribution in [0.3, 0.4) is 0 Å². The highest BCUT2D eigenvalue weighted by Gasteiger charge is 2.16. The third-order valence-corrected chi connectivity index (χ3v) is 5.84. The lowest BCUT2D eigenvalue weighted by atomic mass is 10.1. The molecule has 10 nitrogen and oxygen atoms in total. The van der Waals surface area contributed by atoms with Crippen LogP contribution in [0.4, 0.5) is 5.69 Å². The summed E-state index contributed by atoms with van der Waals surface area (Å²) in [7, 11) is -1.67. The summed E-state index contributed by atoms with van der Waals surface area (Å²) < 4.78 is 71.4. The minimum absolute atomic E-state index is 0.0230. The molecule has 31 heavy (non-hydrogen) atoms. The van der Waals surface area contributed by atoms with Crippen molar-refractivity contribution >= 4 is 31.6 Å². The number of benzene rings is 1. The molecule has 0 radical (unpaired) electrons. The van der Waals surface area contributed by atoms with Crippen LogP contribution in [-0.4, -0.2) is 56.5 Å². The molecule has 0 bridgehead atoms. The molecule has 0 aliphatic heterocycles. The lowest BCUT2D eigenvalue weighted by Gasteiger charge is -2.12. The van der Waals surface area contributed by atoms with Crippen molar-refractivity contribution in [3.8, 4) is 23.1 Å². The summed E-state index contributed by atoms with van der Waals surface area (Å²) in [6, 6.07) is 4.56. The summed E-state index contributed by atoms with van der Waals surface area (Å²) in [6.45, 7) is 0. The molecule has 2 rings (SSSR count). The second-order valence-electron chi connectivity index (χ2n) is 6.33. The summed E-state index contributed by atoms with van der Waals surface area (Å²) in [4.78, 5) is 3.97. The summed E-state index contributed by atoms with van der Waals surface area (Å²) >= 11 is 0. The number of sulfone groups is 1. The molecule has 2 aromatic rings. The number of sulfonamides is 1. The van der Waals surface area contributed by atoms with Gasteiger partial charge in [0.05, 0.1) is 46.0 Å². The SMILES string of the molecule is COc1cc(OC)c(/C=C/S(=O)(=O)Cc2cnc(OC)c(NS(C)(=O)=O)c2)c(OC)c1. The van der Waals surface area contributed by atoms with Gasteiger partial charge in [-0.15, -0.1) is 0 Å². The molecule has 0 atom stereocenters. The van der Waals surface area contributed by atoms with Crippen molar-refractivity contribution in [3.63, 3.8) is 0 Å². The Balaban J connectivity index is 2.36. The second-order valence-corrected chi connectivity index (χ2v) is 9.97. The van der Waals surface area contributed by atoms with E-state index in [4.69, 9.17) is 18.9 Å². The monoisotopic (exact) mass is 472 g/mol. The first-order valence-electron chi connectivity index (χ1n) is 8.73. The predicted molar refractivity (Wildman–Crippen MR) is 117 cm³/mol. The van der Waals surface area contributed by atoms with Gasteiger partial charge in [-0.1, -0.05) is 0 Å². The number of methoxy groups -OCH3 is 4. The number of nitrogens with one attached hydrogen (secondary N) is 1.